The molecule has 0 aliphatic heterocycles. The van der Waals surface area contributed by atoms with Gasteiger partial charge in [0.25, 0.3) is 5.91 Å². The van der Waals surface area contributed by atoms with Gasteiger partial charge in [-0.2, -0.15) is 5.10 Å². The van der Waals surface area contributed by atoms with Crippen molar-refractivity contribution in [1.82, 2.24) is 15.1 Å². The lowest BCUT2D eigenvalue weighted by molar-refractivity contribution is 0.0940. The van der Waals surface area contributed by atoms with Crippen LogP contribution in [0.15, 0.2) is 22.7 Å². The quantitative estimate of drug-likeness (QED) is 0.190. The summed E-state index contributed by atoms with van der Waals surface area (Å²) in [5.41, 5.74) is 5.24. The molecule has 1 atom stereocenters. The van der Waals surface area contributed by atoms with E-state index in [1.54, 1.807) is 0 Å². The fourth-order valence-corrected chi connectivity index (χ4v) is 5.24. The molecule has 0 saturated carbocycles. The molecule has 1 aromatic carbocycles. The Morgan fingerprint density at radius 3 is 2.72 bits per heavy atom. The van der Waals surface area contributed by atoms with Gasteiger partial charge in [-0.15, -0.1) is 11.6 Å². The summed E-state index contributed by atoms with van der Waals surface area (Å²) in [5, 5.41) is 7.96. The number of nitrogens with one attached hydrogen (secondary N) is 1. The molecule has 1 aliphatic rings. The number of fused-ring (bicyclic) bond motifs is 3. The maximum atomic E-state index is 13.2. The summed E-state index contributed by atoms with van der Waals surface area (Å²) in [6, 6.07) is 6.37. The van der Waals surface area contributed by atoms with Crippen molar-refractivity contribution in [1.29, 1.82) is 0 Å². The minimum atomic E-state index is -0.0398. The molecule has 0 radical (unpaired) electrons. The second kappa shape index (κ2) is 12.2. The van der Waals surface area contributed by atoms with E-state index < -0.39 is 0 Å². The second-order valence-corrected chi connectivity index (χ2v) is 10.5. The van der Waals surface area contributed by atoms with Crippen molar-refractivity contribution in [2.75, 3.05) is 12.4 Å². The van der Waals surface area contributed by atoms with Crippen molar-refractivity contribution < 1.29 is 4.79 Å². The van der Waals surface area contributed by atoms with Crippen LogP contribution in [0.2, 0.25) is 0 Å². The molecule has 1 unspecified atom stereocenters. The average Bonchev–Trinajstić information content (AvgIpc) is 3.32. The third-order valence-corrected chi connectivity index (χ3v) is 7.55. The molecule has 0 fully saturated rings. The largest absolute Gasteiger partial charge is 0.350 e. The van der Waals surface area contributed by atoms with Crippen molar-refractivity contribution in [2.45, 2.75) is 78.7 Å². The van der Waals surface area contributed by atoms with Crippen molar-refractivity contribution in [3.05, 3.63) is 39.5 Å². The number of aromatic nitrogens is 2. The molecule has 1 amide bonds. The molecule has 1 N–H and O–H groups in total. The first-order valence-electron chi connectivity index (χ1n) is 12.2. The molecule has 0 bridgehead atoms. The lowest BCUT2D eigenvalue weighted by Gasteiger charge is -2.16. The Bertz CT molecular complexity index is 907. The Kier molecular flexibility index (Phi) is 9.66. The Labute approximate surface area is 206 Å². The molecule has 3 rings (SSSR count). The maximum Gasteiger partial charge on any atom is 0.272 e. The third kappa shape index (κ3) is 6.17. The number of hydrogen-bond donors (Lipinski definition) is 1. The summed E-state index contributed by atoms with van der Waals surface area (Å²) in [7, 11) is 0. The molecule has 1 aromatic heterocycles. The summed E-state index contributed by atoms with van der Waals surface area (Å²) in [4.78, 5) is 13.2. The van der Waals surface area contributed by atoms with Gasteiger partial charge in [-0.3, -0.25) is 9.48 Å². The molecule has 32 heavy (non-hydrogen) atoms. The molecular formula is C26H37BrClN3O. The molecule has 176 valence electrons. The first kappa shape index (κ1) is 25.3. The number of alkyl halides is 1. The highest BCUT2D eigenvalue weighted by atomic mass is 79.9. The van der Waals surface area contributed by atoms with Gasteiger partial charge in [-0.1, -0.05) is 68.5 Å². The topological polar surface area (TPSA) is 46.9 Å². The predicted octanol–water partition coefficient (Wildman–Crippen LogP) is 7.21. The van der Waals surface area contributed by atoms with Crippen molar-refractivity contribution in [3.63, 3.8) is 0 Å². The number of hydrogen-bond acceptors (Lipinski definition) is 2. The highest BCUT2D eigenvalue weighted by Crippen LogP contribution is 2.40. The van der Waals surface area contributed by atoms with Gasteiger partial charge in [0.15, 0.2) is 5.69 Å². The van der Waals surface area contributed by atoms with Crippen LogP contribution in [0, 0.1) is 11.8 Å². The van der Waals surface area contributed by atoms with Gasteiger partial charge in [-0.25, -0.2) is 0 Å². The van der Waals surface area contributed by atoms with Crippen LogP contribution < -0.4 is 5.32 Å². The predicted molar refractivity (Wildman–Crippen MR) is 138 cm³/mol. The van der Waals surface area contributed by atoms with Gasteiger partial charge in [0, 0.05) is 41.0 Å². The number of halogens is 2. The van der Waals surface area contributed by atoms with Crippen LogP contribution in [0.1, 0.15) is 87.3 Å². The van der Waals surface area contributed by atoms with Crippen LogP contribution in [-0.2, 0) is 13.0 Å². The van der Waals surface area contributed by atoms with E-state index in [2.05, 4.69) is 64.9 Å². The standard InChI is InChI=1S/C26H37BrClN3O/c1-4-19(5-2)10-9-18(3)17-29-26(32)24-23-16-20-15-21(27)11-12-22(20)25(23)31(30-24)14-8-6-7-13-28/h11-12,15,18-19H,4-10,13-14,16-17H2,1-3H3,(H,29,32). The lowest BCUT2D eigenvalue weighted by atomic mass is 9.93. The summed E-state index contributed by atoms with van der Waals surface area (Å²) in [6.45, 7) is 8.28. The number of benzene rings is 1. The molecule has 4 nitrogen and oxygen atoms in total. The summed E-state index contributed by atoms with van der Waals surface area (Å²) in [6.07, 6.45) is 8.72. The molecule has 1 heterocycles. The number of carbonyl (C=O) groups excluding carboxylic acids is 1. The molecular weight excluding hydrogens is 486 g/mol. The minimum Gasteiger partial charge on any atom is -0.350 e. The van der Waals surface area contributed by atoms with Crippen LogP contribution in [0.5, 0.6) is 0 Å². The zero-order valence-corrected chi connectivity index (χ0v) is 22.1. The van der Waals surface area contributed by atoms with E-state index in [1.807, 2.05) is 0 Å². The zero-order valence-electron chi connectivity index (χ0n) is 19.7. The van der Waals surface area contributed by atoms with Crippen molar-refractivity contribution in [3.8, 4) is 11.3 Å². The molecule has 1 aliphatic carbocycles. The molecule has 0 spiro atoms. The highest BCUT2D eigenvalue weighted by Gasteiger charge is 2.30. The van der Waals surface area contributed by atoms with Gasteiger partial charge >= 0.3 is 0 Å². The molecule has 2 aromatic rings. The normalized spacial score (nSPS) is 13.3. The lowest BCUT2D eigenvalue weighted by Crippen LogP contribution is -2.29. The van der Waals surface area contributed by atoms with Crippen LogP contribution in [0.3, 0.4) is 0 Å². The SMILES string of the molecule is CCC(CC)CCC(C)CNC(=O)c1nn(CCCCCCl)c2c1Cc1cc(Br)ccc1-2. The van der Waals surface area contributed by atoms with Gasteiger partial charge in [0.05, 0.1) is 5.69 Å². The maximum absolute atomic E-state index is 13.2. The number of rotatable bonds is 13. The number of unbranched alkanes of at least 4 members (excludes halogenated alkanes) is 2. The smallest absolute Gasteiger partial charge is 0.272 e. The van der Waals surface area contributed by atoms with E-state index in [0.717, 1.165) is 60.3 Å². The number of amides is 1. The fraction of sp³-hybridized carbons (Fsp3) is 0.615. The fourth-order valence-electron chi connectivity index (χ4n) is 4.65. The van der Waals surface area contributed by atoms with E-state index in [9.17, 15) is 4.79 Å². The Morgan fingerprint density at radius 1 is 1.22 bits per heavy atom. The molecule has 0 saturated heterocycles. The van der Waals surface area contributed by atoms with E-state index in [0.29, 0.717) is 24.0 Å². The van der Waals surface area contributed by atoms with Gasteiger partial charge in [0.2, 0.25) is 0 Å². The van der Waals surface area contributed by atoms with Crippen LogP contribution >= 0.6 is 27.5 Å². The third-order valence-electron chi connectivity index (χ3n) is 6.79. The zero-order chi connectivity index (χ0) is 23.1. The monoisotopic (exact) mass is 521 g/mol. The summed E-state index contributed by atoms with van der Waals surface area (Å²) in [5.74, 6) is 1.92. The van der Waals surface area contributed by atoms with Crippen molar-refractivity contribution >= 4 is 33.4 Å². The second-order valence-electron chi connectivity index (χ2n) is 9.20. The van der Waals surface area contributed by atoms with Crippen LogP contribution in [-0.4, -0.2) is 28.1 Å². The van der Waals surface area contributed by atoms with Crippen LogP contribution in [0.4, 0.5) is 0 Å². The minimum absolute atomic E-state index is 0.0398. The Balaban J connectivity index is 1.71. The average molecular weight is 523 g/mol. The number of aryl methyl sites for hydroxylation is 1. The van der Waals surface area contributed by atoms with Crippen LogP contribution in [0.25, 0.3) is 11.3 Å². The Hall–Kier alpha value is -1.33. The number of carbonyl (C=O) groups is 1. The van der Waals surface area contributed by atoms with Gasteiger partial charge in [-0.05, 0) is 48.8 Å². The van der Waals surface area contributed by atoms with Crippen molar-refractivity contribution in [2.24, 2.45) is 11.8 Å². The van der Waals surface area contributed by atoms with E-state index in [4.69, 9.17) is 16.7 Å². The summed E-state index contributed by atoms with van der Waals surface area (Å²) < 4.78 is 3.12. The summed E-state index contributed by atoms with van der Waals surface area (Å²) >= 11 is 9.43. The van der Waals surface area contributed by atoms with E-state index >= 15 is 0 Å². The first-order chi connectivity index (χ1) is 15.5. The van der Waals surface area contributed by atoms with Gasteiger partial charge in [0.1, 0.15) is 0 Å². The van der Waals surface area contributed by atoms with Gasteiger partial charge < -0.3 is 5.32 Å². The Morgan fingerprint density at radius 2 is 2.00 bits per heavy atom. The molecule has 6 heteroatoms. The first-order valence-corrected chi connectivity index (χ1v) is 13.5. The van der Waals surface area contributed by atoms with E-state index in [-0.39, 0.29) is 5.91 Å². The highest BCUT2D eigenvalue weighted by molar-refractivity contribution is 9.10. The van der Waals surface area contributed by atoms with E-state index in [1.165, 1.54) is 30.4 Å². The number of nitrogens with zero attached hydrogens (tertiary/aromatic N) is 2.